The summed E-state index contributed by atoms with van der Waals surface area (Å²) >= 11 is 7.84. The molecule has 0 bridgehead atoms. The number of nitrogens with zero attached hydrogens (tertiary/aromatic N) is 5. The van der Waals surface area contributed by atoms with Crippen LogP contribution in [0.15, 0.2) is 78.6 Å². The molecular formula is C27H28ClN5S. The molecule has 0 radical (unpaired) electrons. The summed E-state index contributed by atoms with van der Waals surface area (Å²) < 4.78 is 2.23. The summed E-state index contributed by atoms with van der Waals surface area (Å²) in [6.07, 6.45) is 5.96. The minimum absolute atomic E-state index is 0.412. The van der Waals surface area contributed by atoms with Crippen molar-refractivity contribution in [2.75, 3.05) is 13.1 Å². The molecule has 0 saturated carbocycles. The minimum Gasteiger partial charge on any atom is -0.302 e. The fourth-order valence-corrected chi connectivity index (χ4v) is 5.78. The first-order chi connectivity index (χ1) is 16.7. The van der Waals surface area contributed by atoms with E-state index in [1.54, 1.807) is 11.8 Å². The van der Waals surface area contributed by atoms with Gasteiger partial charge in [-0.15, -0.1) is 16.8 Å². The van der Waals surface area contributed by atoms with Crippen molar-refractivity contribution < 1.29 is 0 Å². The number of benzene rings is 2. The second-order valence-corrected chi connectivity index (χ2v) is 10.1. The number of aromatic nitrogens is 4. The van der Waals surface area contributed by atoms with Crippen LogP contribution in [0.4, 0.5) is 0 Å². The van der Waals surface area contributed by atoms with Gasteiger partial charge in [0.1, 0.15) is 5.82 Å². The maximum atomic E-state index is 6.14. The van der Waals surface area contributed by atoms with Gasteiger partial charge < -0.3 is 4.57 Å². The molecule has 0 unspecified atom stereocenters. The van der Waals surface area contributed by atoms with Gasteiger partial charge in [-0.05, 0) is 55.3 Å². The minimum atomic E-state index is 0.412. The van der Waals surface area contributed by atoms with E-state index < -0.39 is 0 Å². The van der Waals surface area contributed by atoms with Gasteiger partial charge in [-0.3, -0.25) is 9.88 Å². The maximum absolute atomic E-state index is 6.14. The van der Waals surface area contributed by atoms with Crippen LogP contribution in [0, 0.1) is 0 Å². The van der Waals surface area contributed by atoms with E-state index in [1.165, 1.54) is 16.5 Å². The third-order valence-electron chi connectivity index (χ3n) is 6.38. The van der Waals surface area contributed by atoms with E-state index in [2.05, 4.69) is 61.6 Å². The zero-order valence-corrected chi connectivity index (χ0v) is 20.7. The highest BCUT2D eigenvalue weighted by Crippen LogP contribution is 2.31. The van der Waals surface area contributed by atoms with Crippen LogP contribution in [0.2, 0.25) is 5.02 Å². The quantitative estimate of drug-likeness (QED) is 0.213. The summed E-state index contributed by atoms with van der Waals surface area (Å²) in [6, 6.07) is 18.6. The molecule has 1 fully saturated rings. The average molecular weight is 490 g/mol. The molecule has 0 aliphatic carbocycles. The van der Waals surface area contributed by atoms with E-state index in [9.17, 15) is 0 Å². The molecule has 7 heteroatoms. The van der Waals surface area contributed by atoms with Crippen molar-refractivity contribution in [3.63, 3.8) is 0 Å². The zero-order valence-electron chi connectivity index (χ0n) is 19.1. The number of likely N-dealkylation sites (tertiary alicyclic amines) is 1. The number of hydrogen-bond acceptors (Lipinski definition) is 5. The van der Waals surface area contributed by atoms with Crippen molar-refractivity contribution in [2.24, 2.45) is 0 Å². The van der Waals surface area contributed by atoms with Crippen LogP contribution in [0.1, 0.15) is 35.7 Å². The molecule has 174 valence electrons. The number of para-hydroxylation sites is 1. The number of pyridine rings is 1. The predicted octanol–water partition coefficient (Wildman–Crippen LogP) is 6.34. The molecule has 2 aromatic carbocycles. The number of piperidine rings is 1. The molecule has 1 aliphatic rings. The maximum Gasteiger partial charge on any atom is 0.191 e. The summed E-state index contributed by atoms with van der Waals surface area (Å²) in [7, 11) is 0. The number of rotatable bonds is 8. The normalized spacial score (nSPS) is 15.1. The van der Waals surface area contributed by atoms with Gasteiger partial charge in [-0.25, -0.2) is 0 Å². The smallest absolute Gasteiger partial charge is 0.191 e. The third-order valence-corrected chi connectivity index (χ3v) is 7.65. The van der Waals surface area contributed by atoms with E-state index in [4.69, 9.17) is 11.6 Å². The Morgan fingerprint density at radius 2 is 1.88 bits per heavy atom. The van der Waals surface area contributed by atoms with Gasteiger partial charge in [0.2, 0.25) is 0 Å². The van der Waals surface area contributed by atoms with Gasteiger partial charge in [0, 0.05) is 41.4 Å². The van der Waals surface area contributed by atoms with E-state index >= 15 is 0 Å². The molecule has 0 atom stereocenters. The Bertz CT molecular complexity index is 1270. The first kappa shape index (κ1) is 23.1. The van der Waals surface area contributed by atoms with Gasteiger partial charge in [0.25, 0.3) is 0 Å². The molecule has 1 saturated heterocycles. The van der Waals surface area contributed by atoms with Crippen LogP contribution in [-0.2, 0) is 18.8 Å². The van der Waals surface area contributed by atoms with Crippen LogP contribution in [0.3, 0.4) is 0 Å². The first-order valence-electron chi connectivity index (χ1n) is 11.7. The topological polar surface area (TPSA) is 46.8 Å². The molecule has 5 nitrogen and oxygen atoms in total. The molecule has 4 aromatic rings. The van der Waals surface area contributed by atoms with Crippen molar-refractivity contribution >= 4 is 34.3 Å². The van der Waals surface area contributed by atoms with Crippen LogP contribution in [0.25, 0.3) is 10.9 Å². The monoisotopic (exact) mass is 489 g/mol. The van der Waals surface area contributed by atoms with Crippen LogP contribution in [0.5, 0.6) is 0 Å². The number of hydrogen-bond donors (Lipinski definition) is 0. The Kier molecular flexibility index (Phi) is 7.28. The standard InChI is InChI=1S/C27H28ClN5S/c1-2-14-33-26(30-31-27(33)34-19-20-6-3-10-24(28)17-20)22-11-15-32(16-12-22)18-23-8-4-7-21-9-5-13-29-25(21)23/h2-10,13,17,22H,1,11-12,14-16,18-19H2. The van der Waals surface area contributed by atoms with Crippen molar-refractivity contribution in [3.05, 3.63) is 95.4 Å². The van der Waals surface area contributed by atoms with Gasteiger partial charge in [0.05, 0.1) is 5.52 Å². The van der Waals surface area contributed by atoms with E-state index in [-0.39, 0.29) is 0 Å². The Labute approximate surface area is 209 Å². The highest BCUT2D eigenvalue weighted by atomic mass is 35.5. The average Bonchev–Trinajstić information content (AvgIpc) is 3.26. The lowest BCUT2D eigenvalue weighted by atomic mass is 9.95. The zero-order chi connectivity index (χ0) is 23.3. The van der Waals surface area contributed by atoms with Crippen LogP contribution < -0.4 is 0 Å². The third kappa shape index (κ3) is 5.19. The van der Waals surface area contributed by atoms with Crippen molar-refractivity contribution in [1.82, 2.24) is 24.6 Å². The van der Waals surface area contributed by atoms with Crippen molar-refractivity contribution in [1.29, 1.82) is 0 Å². The van der Waals surface area contributed by atoms with E-state index in [1.807, 2.05) is 36.5 Å². The largest absolute Gasteiger partial charge is 0.302 e. The fraction of sp³-hybridized carbons (Fsp3) is 0.296. The highest BCUT2D eigenvalue weighted by Gasteiger charge is 2.26. The molecule has 1 aliphatic heterocycles. The lowest BCUT2D eigenvalue weighted by Gasteiger charge is -2.31. The summed E-state index contributed by atoms with van der Waals surface area (Å²) in [5.74, 6) is 2.31. The lowest BCUT2D eigenvalue weighted by Crippen LogP contribution is -2.33. The number of thioether (sulfide) groups is 1. The van der Waals surface area contributed by atoms with Gasteiger partial charge in [-0.2, -0.15) is 0 Å². The van der Waals surface area contributed by atoms with E-state index in [0.29, 0.717) is 5.92 Å². The molecule has 0 N–H and O–H groups in total. The summed E-state index contributed by atoms with van der Waals surface area (Å²) in [6.45, 7) is 7.70. The molecule has 0 spiro atoms. The number of halogens is 1. The molecule has 0 amide bonds. The van der Waals surface area contributed by atoms with E-state index in [0.717, 1.165) is 66.3 Å². The molecule has 2 aromatic heterocycles. The lowest BCUT2D eigenvalue weighted by molar-refractivity contribution is 0.200. The van der Waals surface area contributed by atoms with Gasteiger partial charge in [0.15, 0.2) is 5.16 Å². The van der Waals surface area contributed by atoms with Crippen molar-refractivity contribution in [2.45, 2.75) is 42.8 Å². The fourth-order valence-electron chi connectivity index (χ4n) is 4.67. The Morgan fingerprint density at radius 3 is 2.71 bits per heavy atom. The summed E-state index contributed by atoms with van der Waals surface area (Å²) in [4.78, 5) is 7.15. The first-order valence-corrected chi connectivity index (χ1v) is 13.0. The van der Waals surface area contributed by atoms with Gasteiger partial charge >= 0.3 is 0 Å². The molecule has 5 rings (SSSR count). The Balaban J connectivity index is 1.24. The van der Waals surface area contributed by atoms with Gasteiger partial charge in [-0.1, -0.05) is 65.8 Å². The van der Waals surface area contributed by atoms with Crippen molar-refractivity contribution in [3.8, 4) is 0 Å². The summed E-state index contributed by atoms with van der Waals surface area (Å²) in [5, 5.41) is 12.1. The molecule has 3 heterocycles. The van der Waals surface area contributed by atoms with Crippen LogP contribution >= 0.6 is 23.4 Å². The molecular weight excluding hydrogens is 462 g/mol. The predicted molar refractivity (Wildman–Crippen MR) is 140 cm³/mol. The molecule has 34 heavy (non-hydrogen) atoms. The Morgan fingerprint density at radius 1 is 1.06 bits per heavy atom. The second kappa shape index (κ2) is 10.7. The summed E-state index contributed by atoms with van der Waals surface area (Å²) in [5.41, 5.74) is 3.59. The Hall–Kier alpha value is -2.67. The second-order valence-electron chi connectivity index (χ2n) is 8.70. The number of allylic oxidation sites excluding steroid dienone is 1. The van der Waals surface area contributed by atoms with Crippen LogP contribution in [-0.4, -0.2) is 37.7 Å². The SMILES string of the molecule is C=CCn1c(SCc2cccc(Cl)c2)nnc1C1CCN(Cc2cccc3cccnc23)CC1. The number of fused-ring (bicyclic) bond motifs is 1. The highest BCUT2D eigenvalue weighted by molar-refractivity contribution is 7.98.